The van der Waals surface area contributed by atoms with Crippen molar-refractivity contribution in [1.29, 1.82) is 0 Å². The molecule has 1 fully saturated rings. The summed E-state index contributed by atoms with van der Waals surface area (Å²) in [5.41, 5.74) is 2.71. The van der Waals surface area contributed by atoms with Crippen molar-refractivity contribution >= 4 is 14.4 Å². The maximum atomic E-state index is 6.32. The number of aromatic nitrogens is 1. The Labute approximate surface area is 111 Å². The first-order valence-electron chi connectivity index (χ1n) is 6.83. The van der Waals surface area contributed by atoms with Crippen LogP contribution < -0.4 is 0 Å². The smallest absolute Gasteiger partial charge is 0.184 e. The van der Waals surface area contributed by atoms with Gasteiger partial charge in [0.1, 0.15) is 0 Å². The van der Waals surface area contributed by atoms with E-state index in [0.29, 0.717) is 6.10 Å². The molecular formula is C15H23NOSi. The van der Waals surface area contributed by atoms with Crippen LogP contribution in [0.5, 0.6) is 0 Å². The molecule has 1 unspecified atom stereocenters. The molecule has 1 aliphatic rings. The summed E-state index contributed by atoms with van der Waals surface area (Å²) in [5, 5.41) is 0. The minimum Gasteiger partial charge on any atom is -0.411 e. The second-order valence-corrected chi connectivity index (χ2v) is 10.4. The van der Waals surface area contributed by atoms with E-state index in [1.165, 1.54) is 36.8 Å². The van der Waals surface area contributed by atoms with E-state index < -0.39 is 8.32 Å². The largest absolute Gasteiger partial charge is 0.411 e. The fourth-order valence-electron chi connectivity index (χ4n) is 2.41. The van der Waals surface area contributed by atoms with Crippen molar-refractivity contribution in [3.63, 3.8) is 0 Å². The van der Waals surface area contributed by atoms with Crippen LogP contribution in [-0.2, 0) is 4.43 Å². The lowest BCUT2D eigenvalue weighted by molar-refractivity contribution is 0.198. The fraction of sp³-hybridized carbons (Fsp3) is 0.533. The molecule has 98 valence electrons. The topological polar surface area (TPSA) is 22.1 Å². The highest BCUT2D eigenvalue weighted by Crippen LogP contribution is 2.30. The van der Waals surface area contributed by atoms with Gasteiger partial charge in [-0.2, -0.15) is 0 Å². The van der Waals surface area contributed by atoms with E-state index >= 15 is 0 Å². The van der Waals surface area contributed by atoms with E-state index in [0.717, 1.165) is 0 Å². The van der Waals surface area contributed by atoms with Gasteiger partial charge in [0, 0.05) is 12.4 Å². The van der Waals surface area contributed by atoms with Crippen molar-refractivity contribution in [3.05, 3.63) is 35.7 Å². The molecule has 1 heterocycles. The molecule has 0 aliphatic heterocycles. The molecule has 2 nitrogen and oxygen atoms in total. The second kappa shape index (κ2) is 5.80. The highest BCUT2D eigenvalue weighted by Gasteiger charge is 2.25. The minimum absolute atomic E-state index is 0.346. The first-order valence-corrected chi connectivity index (χ1v) is 10.2. The highest BCUT2D eigenvalue weighted by molar-refractivity contribution is 6.69. The molecule has 0 radical (unpaired) electrons. The van der Waals surface area contributed by atoms with Crippen molar-refractivity contribution in [1.82, 2.24) is 4.98 Å². The van der Waals surface area contributed by atoms with Crippen LogP contribution in [0.4, 0.5) is 0 Å². The molecule has 1 aliphatic carbocycles. The van der Waals surface area contributed by atoms with Crippen molar-refractivity contribution < 1.29 is 4.43 Å². The predicted molar refractivity (Wildman–Crippen MR) is 78.9 cm³/mol. The lowest BCUT2D eigenvalue weighted by Gasteiger charge is -2.31. The van der Waals surface area contributed by atoms with Gasteiger partial charge in [0.05, 0.1) is 6.10 Å². The van der Waals surface area contributed by atoms with Crippen LogP contribution in [0.25, 0.3) is 6.08 Å². The maximum Gasteiger partial charge on any atom is 0.184 e. The van der Waals surface area contributed by atoms with Crippen LogP contribution in [0.15, 0.2) is 30.1 Å². The molecule has 1 atom stereocenters. The molecule has 0 bridgehead atoms. The molecule has 0 amide bonds. The first kappa shape index (κ1) is 13.5. The van der Waals surface area contributed by atoms with Gasteiger partial charge < -0.3 is 4.43 Å². The Morgan fingerprint density at radius 1 is 1.22 bits per heavy atom. The summed E-state index contributed by atoms with van der Waals surface area (Å²) >= 11 is 0. The average molecular weight is 261 g/mol. The van der Waals surface area contributed by atoms with Crippen molar-refractivity contribution in [2.75, 3.05) is 0 Å². The summed E-state index contributed by atoms with van der Waals surface area (Å²) in [7, 11) is -1.46. The average Bonchev–Trinajstić information content (AvgIpc) is 2.31. The summed E-state index contributed by atoms with van der Waals surface area (Å²) in [5.74, 6) is 0. The lowest BCUT2D eigenvalue weighted by Crippen LogP contribution is -2.34. The van der Waals surface area contributed by atoms with Crippen LogP contribution in [0.1, 0.15) is 31.2 Å². The number of hydrogen-bond donors (Lipinski definition) is 0. The molecular weight excluding hydrogens is 238 g/mol. The normalized spacial score (nSPS) is 23.3. The summed E-state index contributed by atoms with van der Waals surface area (Å²) in [6, 6.07) is 4.13. The zero-order valence-corrected chi connectivity index (χ0v) is 12.6. The zero-order chi connectivity index (χ0) is 13.0. The zero-order valence-electron chi connectivity index (χ0n) is 11.6. The molecule has 0 N–H and O–H groups in total. The van der Waals surface area contributed by atoms with Crippen LogP contribution in [0.2, 0.25) is 19.6 Å². The van der Waals surface area contributed by atoms with E-state index in [2.05, 4.69) is 42.8 Å². The number of pyridine rings is 1. The van der Waals surface area contributed by atoms with Crippen LogP contribution in [-0.4, -0.2) is 19.4 Å². The van der Waals surface area contributed by atoms with Gasteiger partial charge in [-0.05, 0) is 62.2 Å². The summed E-state index contributed by atoms with van der Waals surface area (Å²) in [4.78, 5) is 4.06. The third-order valence-corrected chi connectivity index (χ3v) is 4.14. The van der Waals surface area contributed by atoms with E-state index in [-0.39, 0.29) is 0 Å². The number of rotatable bonds is 3. The molecule has 0 aromatic carbocycles. The Morgan fingerprint density at radius 2 is 1.94 bits per heavy atom. The van der Waals surface area contributed by atoms with Crippen LogP contribution >= 0.6 is 0 Å². The predicted octanol–water partition coefficient (Wildman–Crippen LogP) is 4.26. The minimum atomic E-state index is -1.46. The quantitative estimate of drug-likeness (QED) is 0.758. The van der Waals surface area contributed by atoms with Gasteiger partial charge in [-0.3, -0.25) is 4.98 Å². The summed E-state index contributed by atoms with van der Waals surface area (Å²) in [6.07, 6.45) is 11.3. The van der Waals surface area contributed by atoms with E-state index in [4.69, 9.17) is 4.43 Å². The molecule has 2 rings (SSSR count). The van der Waals surface area contributed by atoms with Gasteiger partial charge >= 0.3 is 0 Å². The van der Waals surface area contributed by atoms with Crippen molar-refractivity contribution in [2.45, 2.75) is 51.4 Å². The Kier molecular flexibility index (Phi) is 4.35. The van der Waals surface area contributed by atoms with Gasteiger partial charge in [0.25, 0.3) is 0 Å². The monoisotopic (exact) mass is 261 g/mol. The molecule has 3 heteroatoms. The molecule has 18 heavy (non-hydrogen) atoms. The van der Waals surface area contributed by atoms with Gasteiger partial charge in [0.2, 0.25) is 0 Å². The molecule has 1 aromatic heterocycles. The van der Waals surface area contributed by atoms with Crippen molar-refractivity contribution in [2.24, 2.45) is 0 Å². The van der Waals surface area contributed by atoms with E-state index in [1.807, 2.05) is 12.4 Å². The summed E-state index contributed by atoms with van der Waals surface area (Å²) in [6.45, 7) is 6.81. The molecule has 0 spiro atoms. The summed E-state index contributed by atoms with van der Waals surface area (Å²) < 4.78 is 6.32. The third-order valence-electron chi connectivity index (χ3n) is 3.15. The van der Waals surface area contributed by atoms with Gasteiger partial charge in [-0.25, -0.2) is 0 Å². The standard InChI is InChI=1S/C15H23NOSi/c1-18(2,3)17-15-7-5-4-6-14(15)12-13-8-10-16-11-9-13/h8-12,15H,4-7H2,1-3H3/b14-12+. The van der Waals surface area contributed by atoms with Gasteiger partial charge in [-0.15, -0.1) is 0 Å². The Balaban J connectivity index is 2.15. The second-order valence-electron chi connectivity index (χ2n) is 5.96. The lowest BCUT2D eigenvalue weighted by atomic mass is 9.91. The van der Waals surface area contributed by atoms with Gasteiger partial charge in [-0.1, -0.05) is 12.5 Å². The SMILES string of the molecule is C[Si](C)(C)OC1CCCC/C1=C\c1ccncc1. The molecule has 0 saturated heterocycles. The van der Waals surface area contributed by atoms with Crippen LogP contribution in [0.3, 0.4) is 0 Å². The Morgan fingerprint density at radius 3 is 2.61 bits per heavy atom. The number of hydrogen-bond acceptors (Lipinski definition) is 2. The highest BCUT2D eigenvalue weighted by atomic mass is 28.4. The van der Waals surface area contributed by atoms with Gasteiger partial charge in [0.15, 0.2) is 8.32 Å². The molecule has 1 saturated carbocycles. The van der Waals surface area contributed by atoms with Crippen molar-refractivity contribution in [3.8, 4) is 0 Å². The van der Waals surface area contributed by atoms with Crippen LogP contribution in [0, 0.1) is 0 Å². The van der Waals surface area contributed by atoms with E-state index in [1.54, 1.807) is 0 Å². The first-order chi connectivity index (χ1) is 8.54. The third kappa shape index (κ3) is 4.07. The Hall–Kier alpha value is -0.933. The fourth-order valence-corrected chi connectivity index (χ4v) is 3.53. The Bertz CT molecular complexity index is 408. The number of nitrogens with zero attached hydrogens (tertiary/aromatic N) is 1. The molecule has 1 aromatic rings. The maximum absolute atomic E-state index is 6.32. The van der Waals surface area contributed by atoms with E-state index in [9.17, 15) is 0 Å².